The van der Waals surface area contributed by atoms with Gasteiger partial charge in [-0.1, -0.05) is 17.4 Å². The minimum atomic E-state index is -0.147. The van der Waals surface area contributed by atoms with Crippen LogP contribution in [0.5, 0.6) is 0 Å². The number of anilines is 3. The molecule has 0 atom stereocenters. The summed E-state index contributed by atoms with van der Waals surface area (Å²) in [7, 11) is 0. The van der Waals surface area contributed by atoms with E-state index in [-0.39, 0.29) is 5.91 Å². The molecule has 6 heteroatoms. The predicted octanol–water partition coefficient (Wildman–Crippen LogP) is 3.47. The molecule has 0 radical (unpaired) electrons. The number of amides is 1. The lowest BCUT2D eigenvalue weighted by Gasteiger charge is -2.14. The van der Waals surface area contributed by atoms with Gasteiger partial charge < -0.3 is 10.6 Å². The molecule has 0 saturated heterocycles. The Morgan fingerprint density at radius 2 is 1.70 bits per heavy atom. The standard InChI is InChI=1S/C14H18N4OS/c1-7-6-8(2)12(10(4)9(7)3)16-14-18-17-13(20-14)15-11(5)19/h6H,1-5H3,(H,16,18)(H,15,17,19). The van der Waals surface area contributed by atoms with Crippen LogP contribution in [0.25, 0.3) is 0 Å². The van der Waals surface area contributed by atoms with Crippen molar-refractivity contribution in [1.29, 1.82) is 0 Å². The van der Waals surface area contributed by atoms with Crippen molar-refractivity contribution in [3.05, 3.63) is 28.3 Å². The number of carbonyl (C=O) groups is 1. The van der Waals surface area contributed by atoms with Gasteiger partial charge in [-0.05, 0) is 49.9 Å². The molecule has 1 aromatic heterocycles. The topological polar surface area (TPSA) is 66.9 Å². The fourth-order valence-electron chi connectivity index (χ4n) is 2.06. The number of nitrogens with zero attached hydrogens (tertiary/aromatic N) is 2. The molecule has 0 saturated carbocycles. The third kappa shape index (κ3) is 2.96. The first-order valence-corrected chi connectivity index (χ1v) is 7.15. The molecule has 0 aliphatic carbocycles. The van der Waals surface area contributed by atoms with Crippen molar-refractivity contribution in [1.82, 2.24) is 10.2 Å². The van der Waals surface area contributed by atoms with Crippen molar-refractivity contribution >= 4 is 33.2 Å². The quantitative estimate of drug-likeness (QED) is 0.908. The van der Waals surface area contributed by atoms with Crippen molar-refractivity contribution < 1.29 is 4.79 Å². The van der Waals surface area contributed by atoms with Crippen LogP contribution in [0.15, 0.2) is 6.07 Å². The van der Waals surface area contributed by atoms with E-state index in [1.807, 2.05) is 0 Å². The van der Waals surface area contributed by atoms with Crippen molar-refractivity contribution in [2.24, 2.45) is 0 Å². The second-order valence-electron chi connectivity index (χ2n) is 4.85. The summed E-state index contributed by atoms with van der Waals surface area (Å²) >= 11 is 1.32. The molecule has 0 aliphatic heterocycles. The van der Waals surface area contributed by atoms with E-state index < -0.39 is 0 Å². The predicted molar refractivity (Wildman–Crippen MR) is 82.9 cm³/mol. The average Bonchev–Trinajstić information content (AvgIpc) is 2.78. The molecule has 20 heavy (non-hydrogen) atoms. The summed E-state index contributed by atoms with van der Waals surface area (Å²) in [6, 6.07) is 2.15. The Morgan fingerprint density at radius 3 is 2.35 bits per heavy atom. The third-order valence-corrected chi connectivity index (χ3v) is 4.05. The van der Waals surface area contributed by atoms with Crippen molar-refractivity contribution in [2.75, 3.05) is 10.6 Å². The second-order valence-corrected chi connectivity index (χ2v) is 5.83. The van der Waals surface area contributed by atoms with Gasteiger partial charge in [0.2, 0.25) is 16.2 Å². The number of benzene rings is 1. The number of aryl methyl sites for hydroxylation is 2. The van der Waals surface area contributed by atoms with Crippen LogP contribution in [0, 0.1) is 27.7 Å². The maximum atomic E-state index is 11.0. The lowest BCUT2D eigenvalue weighted by Crippen LogP contribution is -2.04. The Morgan fingerprint density at radius 1 is 1.05 bits per heavy atom. The summed E-state index contributed by atoms with van der Waals surface area (Å²) in [5.74, 6) is -0.147. The first-order chi connectivity index (χ1) is 9.38. The molecule has 0 unspecified atom stereocenters. The zero-order valence-corrected chi connectivity index (χ0v) is 13.1. The summed E-state index contributed by atoms with van der Waals surface area (Å²) in [6.07, 6.45) is 0. The van der Waals surface area contributed by atoms with Crippen LogP contribution < -0.4 is 10.6 Å². The maximum Gasteiger partial charge on any atom is 0.223 e. The molecule has 1 aromatic carbocycles. The number of hydrogen-bond acceptors (Lipinski definition) is 5. The van der Waals surface area contributed by atoms with E-state index in [4.69, 9.17) is 0 Å². The summed E-state index contributed by atoms with van der Waals surface area (Å²) in [5, 5.41) is 15.1. The molecular weight excluding hydrogens is 272 g/mol. The van der Waals surface area contributed by atoms with E-state index in [1.54, 1.807) is 0 Å². The third-order valence-electron chi connectivity index (χ3n) is 3.30. The molecule has 0 bridgehead atoms. The normalized spacial score (nSPS) is 10.4. The first-order valence-electron chi connectivity index (χ1n) is 6.34. The van der Waals surface area contributed by atoms with Crippen LogP contribution in [0.3, 0.4) is 0 Å². The van der Waals surface area contributed by atoms with Crippen LogP contribution in [-0.2, 0) is 4.79 Å². The lowest BCUT2D eigenvalue weighted by atomic mass is 9.98. The van der Waals surface area contributed by atoms with Crippen LogP contribution >= 0.6 is 11.3 Å². The Labute approximate surface area is 122 Å². The molecule has 5 nitrogen and oxygen atoms in total. The van der Waals surface area contributed by atoms with E-state index >= 15 is 0 Å². The van der Waals surface area contributed by atoms with E-state index in [1.165, 1.54) is 40.5 Å². The summed E-state index contributed by atoms with van der Waals surface area (Å²) in [5.41, 5.74) is 5.98. The number of carbonyl (C=O) groups excluding carboxylic acids is 1. The highest BCUT2D eigenvalue weighted by atomic mass is 32.1. The van der Waals surface area contributed by atoms with Gasteiger partial charge >= 0.3 is 0 Å². The summed E-state index contributed by atoms with van der Waals surface area (Å²) in [6.45, 7) is 9.83. The molecule has 106 valence electrons. The Balaban J connectivity index is 2.28. The fourth-order valence-corrected chi connectivity index (χ4v) is 2.75. The van der Waals surface area contributed by atoms with Crippen molar-refractivity contribution in [3.63, 3.8) is 0 Å². The monoisotopic (exact) mass is 290 g/mol. The summed E-state index contributed by atoms with van der Waals surface area (Å²) < 4.78 is 0. The molecule has 0 fully saturated rings. The lowest BCUT2D eigenvalue weighted by molar-refractivity contribution is -0.114. The Bertz CT molecular complexity index is 663. The SMILES string of the molecule is CC(=O)Nc1nnc(Nc2c(C)cc(C)c(C)c2C)s1. The van der Waals surface area contributed by atoms with Gasteiger partial charge in [-0.25, -0.2) is 0 Å². The number of rotatable bonds is 3. The summed E-state index contributed by atoms with van der Waals surface area (Å²) in [4.78, 5) is 11.0. The van der Waals surface area contributed by atoms with Crippen LogP contribution in [0.4, 0.5) is 16.0 Å². The molecular formula is C14H18N4OS. The highest BCUT2D eigenvalue weighted by Crippen LogP contribution is 2.31. The van der Waals surface area contributed by atoms with Gasteiger partial charge in [0.15, 0.2) is 0 Å². The number of aromatic nitrogens is 2. The van der Waals surface area contributed by atoms with Crippen molar-refractivity contribution in [3.8, 4) is 0 Å². The van der Waals surface area contributed by atoms with Gasteiger partial charge in [0.05, 0.1) is 0 Å². The molecule has 0 aliphatic rings. The van der Waals surface area contributed by atoms with Crippen LogP contribution in [-0.4, -0.2) is 16.1 Å². The average molecular weight is 290 g/mol. The zero-order chi connectivity index (χ0) is 14.9. The van der Waals surface area contributed by atoms with E-state index in [2.05, 4.69) is 54.6 Å². The highest BCUT2D eigenvalue weighted by Gasteiger charge is 2.11. The molecule has 0 spiro atoms. The minimum absolute atomic E-state index is 0.147. The van der Waals surface area contributed by atoms with Crippen LogP contribution in [0.2, 0.25) is 0 Å². The van der Waals surface area contributed by atoms with E-state index in [9.17, 15) is 4.79 Å². The van der Waals surface area contributed by atoms with Crippen molar-refractivity contribution in [2.45, 2.75) is 34.6 Å². The molecule has 2 N–H and O–H groups in total. The minimum Gasteiger partial charge on any atom is -0.330 e. The van der Waals surface area contributed by atoms with Gasteiger partial charge in [-0.3, -0.25) is 4.79 Å². The van der Waals surface area contributed by atoms with Crippen LogP contribution in [0.1, 0.15) is 29.2 Å². The highest BCUT2D eigenvalue weighted by molar-refractivity contribution is 7.19. The largest absolute Gasteiger partial charge is 0.330 e. The Hall–Kier alpha value is -1.95. The number of nitrogens with one attached hydrogen (secondary N) is 2. The second kappa shape index (κ2) is 5.58. The maximum absolute atomic E-state index is 11.0. The van der Waals surface area contributed by atoms with Gasteiger partial charge in [-0.15, -0.1) is 10.2 Å². The first kappa shape index (κ1) is 14.5. The molecule has 1 heterocycles. The molecule has 2 aromatic rings. The number of hydrogen-bond donors (Lipinski definition) is 2. The zero-order valence-electron chi connectivity index (χ0n) is 12.3. The van der Waals surface area contributed by atoms with Gasteiger partial charge in [0.1, 0.15) is 0 Å². The van der Waals surface area contributed by atoms with Gasteiger partial charge in [0.25, 0.3) is 0 Å². The Kier molecular flexibility index (Phi) is 4.04. The van der Waals surface area contributed by atoms with E-state index in [0.717, 1.165) is 5.69 Å². The van der Waals surface area contributed by atoms with Gasteiger partial charge in [-0.2, -0.15) is 0 Å². The fraction of sp³-hybridized carbons (Fsp3) is 0.357. The molecule has 1 amide bonds. The smallest absolute Gasteiger partial charge is 0.223 e. The van der Waals surface area contributed by atoms with Gasteiger partial charge in [0, 0.05) is 12.6 Å². The molecule has 2 rings (SSSR count). The van der Waals surface area contributed by atoms with E-state index in [0.29, 0.717) is 10.3 Å².